The molecule has 0 heterocycles. The molecule has 2 unspecified atom stereocenters. The predicted octanol–water partition coefficient (Wildman–Crippen LogP) is 3.59. The second-order valence-corrected chi connectivity index (χ2v) is 5.26. The number of hydrogen-bond acceptors (Lipinski definition) is 1. The third-order valence-corrected chi connectivity index (χ3v) is 3.83. The summed E-state index contributed by atoms with van der Waals surface area (Å²) < 4.78 is 0. The summed E-state index contributed by atoms with van der Waals surface area (Å²) in [6.07, 6.45) is 7.06. The molecule has 0 bridgehead atoms. The molecule has 0 aliphatic heterocycles. The Kier molecular flexibility index (Phi) is 4.94. The van der Waals surface area contributed by atoms with Gasteiger partial charge in [0, 0.05) is 12.1 Å². The maximum Gasteiger partial charge on any atom is 0.00900 e. The summed E-state index contributed by atoms with van der Waals surface area (Å²) in [4.78, 5) is 0. The van der Waals surface area contributed by atoms with Crippen LogP contribution in [0.5, 0.6) is 0 Å². The van der Waals surface area contributed by atoms with Gasteiger partial charge in [-0.05, 0) is 38.0 Å². The van der Waals surface area contributed by atoms with Crippen LogP contribution in [0.1, 0.15) is 59.8 Å². The van der Waals surface area contributed by atoms with Crippen LogP contribution in [0.3, 0.4) is 0 Å². The van der Waals surface area contributed by atoms with Crippen molar-refractivity contribution in [2.75, 3.05) is 0 Å². The summed E-state index contributed by atoms with van der Waals surface area (Å²) in [6.45, 7) is 9.31. The standard InChI is InChI=1S/C13H27N/c1-5-13(10(2)3)14-11(4)12-8-6-7-9-12/h10-14H,5-9H2,1-4H3. The van der Waals surface area contributed by atoms with Crippen LogP contribution in [0.2, 0.25) is 0 Å². The lowest BCUT2D eigenvalue weighted by Gasteiger charge is -2.28. The summed E-state index contributed by atoms with van der Waals surface area (Å²) in [5, 5.41) is 3.81. The molecular formula is C13H27N. The van der Waals surface area contributed by atoms with Crippen LogP contribution >= 0.6 is 0 Å². The molecule has 1 saturated carbocycles. The molecule has 0 aromatic heterocycles. The number of nitrogens with one attached hydrogen (secondary N) is 1. The molecule has 0 amide bonds. The molecule has 1 rings (SSSR count). The quantitative estimate of drug-likeness (QED) is 0.710. The molecule has 2 atom stereocenters. The fraction of sp³-hybridized carbons (Fsp3) is 1.00. The van der Waals surface area contributed by atoms with Crippen LogP contribution in [0.25, 0.3) is 0 Å². The van der Waals surface area contributed by atoms with Gasteiger partial charge in [-0.2, -0.15) is 0 Å². The second kappa shape index (κ2) is 5.75. The molecule has 1 fully saturated rings. The van der Waals surface area contributed by atoms with E-state index in [0.717, 1.165) is 17.9 Å². The first-order chi connectivity index (χ1) is 6.65. The molecular weight excluding hydrogens is 170 g/mol. The first kappa shape index (κ1) is 12.0. The molecule has 1 heteroatoms. The topological polar surface area (TPSA) is 12.0 Å². The molecule has 0 saturated heterocycles. The Morgan fingerprint density at radius 2 is 1.71 bits per heavy atom. The van der Waals surface area contributed by atoms with E-state index >= 15 is 0 Å². The van der Waals surface area contributed by atoms with Crippen LogP contribution in [-0.2, 0) is 0 Å². The zero-order valence-electron chi connectivity index (χ0n) is 10.3. The van der Waals surface area contributed by atoms with Crippen molar-refractivity contribution in [1.82, 2.24) is 5.32 Å². The first-order valence-corrected chi connectivity index (χ1v) is 6.41. The van der Waals surface area contributed by atoms with Gasteiger partial charge in [-0.15, -0.1) is 0 Å². The zero-order valence-corrected chi connectivity index (χ0v) is 10.3. The highest BCUT2D eigenvalue weighted by atomic mass is 15.0. The van der Waals surface area contributed by atoms with E-state index in [2.05, 4.69) is 33.0 Å². The third kappa shape index (κ3) is 3.27. The molecule has 1 aliphatic carbocycles. The predicted molar refractivity (Wildman–Crippen MR) is 63.5 cm³/mol. The Hall–Kier alpha value is -0.0400. The maximum absolute atomic E-state index is 3.81. The molecule has 1 N–H and O–H groups in total. The molecule has 0 aromatic carbocycles. The van der Waals surface area contributed by atoms with E-state index in [0.29, 0.717) is 6.04 Å². The lowest BCUT2D eigenvalue weighted by atomic mass is 9.95. The van der Waals surface area contributed by atoms with Crippen LogP contribution < -0.4 is 5.32 Å². The van der Waals surface area contributed by atoms with Crippen molar-refractivity contribution in [3.05, 3.63) is 0 Å². The Balaban J connectivity index is 2.33. The van der Waals surface area contributed by atoms with Gasteiger partial charge in [-0.3, -0.25) is 0 Å². The van der Waals surface area contributed by atoms with Crippen molar-refractivity contribution in [2.24, 2.45) is 11.8 Å². The van der Waals surface area contributed by atoms with Gasteiger partial charge >= 0.3 is 0 Å². The van der Waals surface area contributed by atoms with E-state index < -0.39 is 0 Å². The zero-order chi connectivity index (χ0) is 10.6. The van der Waals surface area contributed by atoms with Gasteiger partial charge in [0.25, 0.3) is 0 Å². The van der Waals surface area contributed by atoms with Crippen LogP contribution in [0.4, 0.5) is 0 Å². The van der Waals surface area contributed by atoms with E-state index in [-0.39, 0.29) is 0 Å². The highest BCUT2D eigenvalue weighted by Gasteiger charge is 2.23. The summed E-state index contributed by atoms with van der Waals surface area (Å²) in [7, 11) is 0. The van der Waals surface area contributed by atoms with E-state index in [1.807, 2.05) is 0 Å². The average molecular weight is 197 g/mol. The van der Waals surface area contributed by atoms with Gasteiger partial charge < -0.3 is 5.32 Å². The largest absolute Gasteiger partial charge is 0.311 e. The van der Waals surface area contributed by atoms with Gasteiger partial charge in [-0.1, -0.05) is 33.6 Å². The smallest absolute Gasteiger partial charge is 0.00900 e. The van der Waals surface area contributed by atoms with E-state index in [1.54, 1.807) is 0 Å². The minimum absolute atomic E-state index is 0.714. The van der Waals surface area contributed by atoms with Crippen molar-refractivity contribution < 1.29 is 0 Å². The molecule has 1 nitrogen and oxygen atoms in total. The normalized spacial score (nSPS) is 22.9. The Morgan fingerprint density at radius 3 is 2.14 bits per heavy atom. The average Bonchev–Trinajstić information content (AvgIpc) is 2.65. The second-order valence-electron chi connectivity index (χ2n) is 5.26. The monoisotopic (exact) mass is 197 g/mol. The molecule has 0 radical (unpaired) electrons. The minimum atomic E-state index is 0.714. The van der Waals surface area contributed by atoms with E-state index in [4.69, 9.17) is 0 Å². The number of rotatable bonds is 5. The lowest BCUT2D eigenvalue weighted by Crippen LogP contribution is -2.42. The van der Waals surface area contributed by atoms with E-state index in [1.165, 1.54) is 32.1 Å². The molecule has 0 spiro atoms. The van der Waals surface area contributed by atoms with Crippen molar-refractivity contribution >= 4 is 0 Å². The molecule has 1 aliphatic rings. The van der Waals surface area contributed by atoms with E-state index in [9.17, 15) is 0 Å². The minimum Gasteiger partial charge on any atom is -0.311 e. The van der Waals surface area contributed by atoms with Crippen molar-refractivity contribution in [3.8, 4) is 0 Å². The van der Waals surface area contributed by atoms with Crippen molar-refractivity contribution in [3.63, 3.8) is 0 Å². The van der Waals surface area contributed by atoms with Crippen LogP contribution in [0, 0.1) is 11.8 Å². The summed E-state index contributed by atoms with van der Waals surface area (Å²) in [5.41, 5.74) is 0. The Labute approximate surface area is 89.7 Å². The van der Waals surface area contributed by atoms with Gasteiger partial charge in [0.15, 0.2) is 0 Å². The Morgan fingerprint density at radius 1 is 1.14 bits per heavy atom. The molecule has 0 aromatic rings. The summed E-state index contributed by atoms with van der Waals surface area (Å²) >= 11 is 0. The number of hydrogen-bond donors (Lipinski definition) is 1. The SMILES string of the molecule is CCC(NC(C)C1CCCC1)C(C)C. The van der Waals surface area contributed by atoms with Gasteiger partial charge in [0.1, 0.15) is 0 Å². The highest BCUT2D eigenvalue weighted by Crippen LogP contribution is 2.28. The van der Waals surface area contributed by atoms with Gasteiger partial charge in [0.05, 0.1) is 0 Å². The first-order valence-electron chi connectivity index (χ1n) is 6.41. The van der Waals surface area contributed by atoms with Gasteiger partial charge in [-0.25, -0.2) is 0 Å². The summed E-state index contributed by atoms with van der Waals surface area (Å²) in [6, 6.07) is 1.44. The molecule has 84 valence electrons. The maximum atomic E-state index is 3.81. The highest BCUT2D eigenvalue weighted by molar-refractivity contribution is 4.81. The summed E-state index contributed by atoms with van der Waals surface area (Å²) in [5.74, 6) is 1.71. The fourth-order valence-corrected chi connectivity index (χ4v) is 2.71. The molecule has 14 heavy (non-hydrogen) atoms. The van der Waals surface area contributed by atoms with Gasteiger partial charge in [0.2, 0.25) is 0 Å². The Bertz CT molecular complexity index is 147. The van der Waals surface area contributed by atoms with Crippen molar-refractivity contribution in [1.29, 1.82) is 0 Å². The lowest BCUT2D eigenvalue weighted by molar-refractivity contribution is 0.294. The van der Waals surface area contributed by atoms with Crippen molar-refractivity contribution in [2.45, 2.75) is 71.9 Å². The third-order valence-electron chi connectivity index (χ3n) is 3.83. The van der Waals surface area contributed by atoms with Crippen LogP contribution in [-0.4, -0.2) is 12.1 Å². The fourth-order valence-electron chi connectivity index (χ4n) is 2.71. The van der Waals surface area contributed by atoms with Crippen LogP contribution in [0.15, 0.2) is 0 Å².